The molecule has 1 aromatic rings. The minimum atomic E-state index is 1.14. The molecule has 0 aliphatic rings. The Morgan fingerprint density at radius 1 is 1.55 bits per heavy atom. The molecule has 0 radical (unpaired) electrons. The van der Waals surface area contributed by atoms with Gasteiger partial charge in [0.25, 0.3) is 0 Å². The van der Waals surface area contributed by atoms with Crippen LogP contribution >= 0.6 is 11.3 Å². The minimum Gasteiger partial charge on any atom is -0.152 e. The number of thiophene rings is 1. The van der Waals surface area contributed by atoms with Crippen LogP contribution in [-0.4, -0.2) is 0 Å². The first-order chi connectivity index (χ1) is 5.38. The smallest absolute Gasteiger partial charge is 0.00181 e. The Labute approximate surface area is 72.6 Å². The minimum absolute atomic E-state index is 1.14. The lowest BCUT2D eigenvalue weighted by Gasteiger charge is -1.99. The summed E-state index contributed by atoms with van der Waals surface area (Å²) in [6.45, 7) is 4.39. The van der Waals surface area contributed by atoms with Gasteiger partial charge in [-0.15, -0.1) is 0 Å². The van der Waals surface area contributed by atoms with Crippen LogP contribution in [-0.2, 0) is 0 Å². The second kappa shape index (κ2) is 4.35. The van der Waals surface area contributed by atoms with Gasteiger partial charge in [0.15, 0.2) is 0 Å². The second-order valence-electron chi connectivity index (χ2n) is 2.50. The van der Waals surface area contributed by atoms with Crippen molar-refractivity contribution in [3.05, 3.63) is 28.5 Å². The summed E-state index contributed by atoms with van der Waals surface area (Å²) in [5, 5.41) is 4.35. The Morgan fingerprint density at radius 3 is 2.82 bits per heavy atom. The van der Waals surface area contributed by atoms with E-state index in [0.717, 1.165) is 12.8 Å². The molecule has 0 aliphatic heterocycles. The Balaban J connectivity index is 2.79. The van der Waals surface area contributed by atoms with E-state index < -0.39 is 0 Å². The molecule has 0 spiro atoms. The van der Waals surface area contributed by atoms with Gasteiger partial charge < -0.3 is 0 Å². The molecular weight excluding hydrogens is 152 g/mol. The van der Waals surface area contributed by atoms with E-state index >= 15 is 0 Å². The van der Waals surface area contributed by atoms with Crippen LogP contribution in [0.4, 0.5) is 0 Å². The van der Waals surface area contributed by atoms with Crippen molar-refractivity contribution in [3.8, 4) is 0 Å². The molecule has 11 heavy (non-hydrogen) atoms. The van der Waals surface area contributed by atoms with E-state index in [1.165, 1.54) is 11.1 Å². The van der Waals surface area contributed by atoms with Crippen molar-refractivity contribution in [2.24, 2.45) is 0 Å². The Hall–Kier alpha value is -0.560. The van der Waals surface area contributed by atoms with Crippen molar-refractivity contribution in [1.82, 2.24) is 0 Å². The lowest BCUT2D eigenvalue weighted by atomic mass is 10.1. The molecule has 0 fully saturated rings. The normalized spacial score (nSPS) is 12.0. The van der Waals surface area contributed by atoms with Crippen LogP contribution in [0.15, 0.2) is 22.9 Å². The SMILES string of the molecule is CC/C=C(\CC)c1ccsc1. The zero-order valence-corrected chi connectivity index (χ0v) is 7.95. The maximum atomic E-state index is 2.31. The zero-order chi connectivity index (χ0) is 8.10. The van der Waals surface area contributed by atoms with Gasteiger partial charge in [0.2, 0.25) is 0 Å². The molecule has 0 nitrogen and oxygen atoms in total. The first-order valence-electron chi connectivity index (χ1n) is 4.10. The molecule has 0 aliphatic carbocycles. The van der Waals surface area contributed by atoms with Crippen LogP contribution in [0.5, 0.6) is 0 Å². The third-order valence-corrected chi connectivity index (χ3v) is 2.41. The van der Waals surface area contributed by atoms with Crippen molar-refractivity contribution in [3.63, 3.8) is 0 Å². The highest BCUT2D eigenvalue weighted by Crippen LogP contribution is 2.20. The molecule has 0 atom stereocenters. The van der Waals surface area contributed by atoms with Crippen molar-refractivity contribution in [1.29, 1.82) is 0 Å². The highest BCUT2D eigenvalue weighted by molar-refractivity contribution is 7.08. The van der Waals surface area contributed by atoms with Crippen LogP contribution in [0.1, 0.15) is 32.3 Å². The molecule has 1 aromatic heterocycles. The number of rotatable bonds is 3. The van der Waals surface area contributed by atoms with E-state index in [-0.39, 0.29) is 0 Å². The van der Waals surface area contributed by atoms with Crippen molar-refractivity contribution in [2.75, 3.05) is 0 Å². The van der Waals surface area contributed by atoms with Crippen LogP contribution < -0.4 is 0 Å². The standard InChI is InChI=1S/C10H14S/c1-3-5-9(4-2)10-6-7-11-8-10/h5-8H,3-4H2,1-2H3/b9-5+. The molecule has 60 valence electrons. The Morgan fingerprint density at radius 2 is 2.36 bits per heavy atom. The van der Waals surface area contributed by atoms with Crippen LogP contribution in [0, 0.1) is 0 Å². The molecule has 0 unspecified atom stereocenters. The molecule has 1 heteroatoms. The molecule has 0 bridgehead atoms. The maximum absolute atomic E-state index is 2.31. The fourth-order valence-electron chi connectivity index (χ4n) is 1.16. The highest BCUT2D eigenvalue weighted by Gasteiger charge is 1.96. The lowest BCUT2D eigenvalue weighted by molar-refractivity contribution is 1.17. The molecule has 1 rings (SSSR count). The molecular formula is C10H14S. The van der Waals surface area contributed by atoms with E-state index in [0.29, 0.717) is 0 Å². The summed E-state index contributed by atoms with van der Waals surface area (Å²) in [5.41, 5.74) is 2.88. The summed E-state index contributed by atoms with van der Waals surface area (Å²) in [6.07, 6.45) is 4.59. The van der Waals surface area contributed by atoms with Gasteiger partial charge in [0.05, 0.1) is 0 Å². The number of hydrogen-bond donors (Lipinski definition) is 0. The molecule has 0 aromatic carbocycles. The summed E-state index contributed by atoms with van der Waals surface area (Å²) >= 11 is 1.77. The summed E-state index contributed by atoms with van der Waals surface area (Å²) in [4.78, 5) is 0. The number of allylic oxidation sites excluding steroid dienone is 2. The second-order valence-corrected chi connectivity index (χ2v) is 3.28. The third kappa shape index (κ3) is 2.19. The quantitative estimate of drug-likeness (QED) is 0.637. The van der Waals surface area contributed by atoms with Gasteiger partial charge in [-0.2, -0.15) is 11.3 Å². The fourth-order valence-corrected chi connectivity index (χ4v) is 1.84. The Kier molecular flexibility index (Phi) is 3.37. The predicted octanol–water partition coefficient (Wildman–Crippen LogP) is 3.95. The van der Waals surface area contributed by atoms with Gasteiger partial charge in [-0.25, -0.2) is 0 Å². The van der Waals surface area contributed by atoms with Gasteiger partial charge in [-0.05, 0) is 40.8 Å². The van der Waals surface area contributed by atoms with E-state index in [1.807, 2.05) is 0 Å². The summed E-state index contributed by atoms with van der Waals surface area (Å²) in [5.74, 6) is 0. The molecule has 1 heterocycles. The zero-order valence-electron chi connectivity index (χ0n) is 7.13. The van der Waals surface area contributed by atoms with Crippen molar-refractivity contribution in [2.45, 2.75) is 26.7 Å². The van der Waals surface area contributed by atoms with E-state index in [4.69, 9.17) is 0 Å². The summed E-state index contributed by atoms with van der Waals surface area (Å²) in [6, 6.07) is 2.19. The third-order valence-electron chi connectivity index (χ3n) is 1.72. The molecule has 0 saturated carbocycles. The van der Waals surface area contributed by atoms with E-state index in [2.05, 4.69) is 36.7 Å². The molecule has 0 amide bonds. The van der Waals surface area contributed by atoms with Crippen molar-refractivity contribution >= 4 is 16.9 Å². The summed E-state index contributed by atoms with van der Waals surface area (Å²) < 4.78 is 0. The molecule has 0 N–H and O–H groups in total. The average Bonchev–Trinajstić information content (AvgIpc) is 2.52. The first-order valence-corrected chi connectivity index (χ1v) is 5.04. The Bertz CT molecular complexity index is 219. The van der Waals surface area contributed by atoms with E-state index in [9.17, 15) is 0 Å². The van der Waals surface area contributed by atoms with Gasteiger partial charge in [0.1, 0.15) is 0 Å². The number of hydrogen-bond acceptors (Lipinski definition) is 1. The van der Waals surface area contributed by atoms with Crippen LogP contribution in [0.2, 0.25) is 0 Å². The predicted molar refractivity (Wildman–Crippen MR) is 52.9 cm³/mol. The highest BCUT2D eigenvalue weighted by atomic mass is 32.1. The monoisotopic (exact) mass is 166 g/mol. The van der Waals surface area contributed by atoms with Crippen LogP contribution in [0.3, 0.4) is 0 Å². The maximum Gasteiger partial charge on any atom is -0.00181 e. The molecule has 0 saturated heterocycles. The van der Waals surface area contributed by atoms with E-state index in [1.54, 1.807) is 11.3 Å². The van der Waals surface area contributed by atoms with Gasteiger partial charge in [0, 0.05) is 0 Å². The average molecular weight is 166 g/mol. The largest absolute Gasteiger partial charge is 0.152 e. The van der Waals surface area contributed by atoms with Crippen molar-refractivity contribution < 1.29 is 0 Å². The van der Waals surface area contributed by atoms with Gasteiger partial charge in [-0.1, -0.05) is 19.9 Å². The van der Waals surface area contributed by atoms with Gasteiger partial charge in [-0.3, -0.25) is 0 Å². The topological polar surface area (TPSA) is 0 Å². The summed E-state index contributed by atoms with van der Waals surface area (Å²) in [7, 11) is 0. The fraction of sp³-hybridized carbons (Fsp3) is 0.400. The van der Waals surface area contributed by atoms with Crippen LogP contribution in [0.25, 0.3) is 5.57 Å². The lowest BCUT2D eigenvalue weighted by Crippen LogP contribution is -1.77. The van der Waals surface area contributed by atoms with Gasteiger partial charge >= 0.3 is 0 Å². The first kappa shape index (κ1) is 8.54.